The van der Waals surface area contributed by atoms with Gasteiger partial charge in [0, 0.05) is 0 Å². The number of rotatable bonds is 5. The lowest BCUT2D eigenvalue weighted by Crippen LogP contribution is -2.15. The lowest BCUT2D eigenvalue weighted by atomic mass is 10.1. The van der Waals surface area contributed by atoms with E-state index in [0.717, 1.165) is 11.1 Å². The summed E-state index contributed by atoms with van der Waals surface area (Å²) >= 11 is 6.03. The number of hydrogen-bond acceptors (Lipinski definition) is 4. The van der Waals surface area contributed by atoms with Crippen LogP contribution in [0.5, 0.6) is 0 Å². The highest BCUT2D eigenvalue weighted by molar-refractivity contribution is 7.92. The van der Waals surface area contributed by atoms with Gasteiger partial charge in [-0.15, -0.1) is 0 Å². The van der Waals surface area contributed by atoms with Gasteiger partial charge in [-0.1, -0.05) is 23.7 Å². The van der Waals surface area contributed by atoms with Crippen molar-refractivity contribution in [3.63, 3.8) is 0 Å². The Morgan fingerprint density at radius 3 is 2.58 bits per heavy atom. The molecule has 2 aromatic carbocycles. The van der Waals surface area contributed by atoms with Crippen LogP contribution < -0.4 is 4.72 Å². The van der Waals surface area contributed by atoms with Crippen molar-refractivity contribution in [3.05, 3.63) is 58.1 Å². The van der Waals surface area contributed by atoms with Gasteiger partial charge >= 0.3 is 5.97 Å². The summed E-state index contributed by atoms with van der Waals surface area (Å²) in [6, 6.07) is 9.33. The van der Waals surface area contributed by atoms with Crippen LogP contribution >= 0.6 is 11.6 Å². The van der Waals surface area contributed by atoms with E-state index in [4.69, 9.17) is 16.3 Å². The van der Waals surface area contributed by atoms with Gasteiger partial charge in [0.05, 0.1) is 22.9 Å². The standard InChI is InChI=1S/C17H18ClNO4S/c1-4-23-17(20)13-8-9-14(18)16(10-13)24(21,22)19-15-7-5-6-11(2)12(15)3/h5-10,19H,4H2,1-3H3. The van der Waals surface area contributed by atoms with Crippen LogP contribution in [-0.2, 0) is 14.8 Å². The maximum absolute atomic E-state index is 12.7. The average Bonchev–Trinajstić information content (AvgIpc) is 2.52. The van der Waals surface area contributed by atoms with Crippen molar-refractivity contribution in [3.8, 4) is 0 Å². The van der Waals surface area contributed by atoms with Crippen molar-refractivity contribution in [2.75, 3.05) is 11.3 Å². The highest BCUT2D eigenvalue weighted by atomic mass is 35.5. The fourth-order valence-corrected chi connectivity index (χ4v) is 3.76. The zero-order valence-electron chi connectivity index (χ0n) is 13.6. The second-order valence-corrected chi connectivity index (χ2v) is 7.28. The van der Waals surface area contributed by atoms with E-state index in [1.54, 1.807) is 19.1 Å². The third-order valence-corrected chi connectivity index (χ3v) is 5.43. The van der Waals surface area contributed by atoms with Gasteiger partial charge in [-0.25, -0.2) is 13.2 Å². The number of aryl methyl sites for hydroxylation is 1. The molecule has 7 heteroatoms. The van der Waals surface area contributed by atoms with Crippen molar-refractivity contribution < 1.29 is 17.9 Å². The van der Waals surface area contributed by atoms with Crippen molar-refractivity contribution in [2.24, 2.45) is 0 Å². The minimum atomic E-state index is -3.94. The number of ether oxygens (including phenoxy) is 1. The summed E-state index contributed by atoms with van der Waals surface area (Å²) in [6.07, 6.45) is 0. The molecule has 2 aromatic rings. The van der Waals surface area contributed by atoms with Crippen molar-refractivity contribution in [1.29, 1.82) is 0 Å². The number of benzene rings is 2. The van der Waals surface area contributed by atoms with Crippen molar-refractivity contribution >= 4 is 33.3 Å². The molecule has 0 aliphatic heterocycles. The van der Waals surface area contributed by atoms with E-state index in [1.807, 2.05) is 19.9 Å². The molecule has 0 aliphatic rings. The summed E-state index contributed by atoms with van der Waals surface area (Å²) in [6.45, 7) is 5.59. The minimum absolute atomic E-state index is 0.0286. The third-order valence-electron chi connectivity index (χ3n) is 3.58. The van der Waals surface area contributed by atoms with Crippen LogP contribution in [0.3, 0.4) is 0 Å². The number of sulfonamides is 1. The molecular weight excluding hydrogens is 350 g/mol. The van der Waals surface area contributed by atoms with Crippen LogP contribution in [0.15, 0.2) is 41.3 Å². The van der Waals surface area contributed by atoms with Gasteiger partial charge < -0.3 is 4.74 Å². The SMILES string of the molecule is CCOC(=O)c1ccc(Cl)c(S(=O)(=O)Nc2cccc(C)c2C)c1. The highest BCUT2D eigenvalue weighted by Crippen LogP contribution is 2.27. The first kappa shape index (κ1) is 18.3. The van der Waals surface area contributed by atoms with E-state index in [-0.39, 0.29) is 22.1 Å². The molecule has 1 N–H and O–H groups in total. The zero-order valence-corrected chi connectivity index (χ0v) is 15.2. The largest absolute Gasteiger partial charge is 0.462 e. The Balaban J connectivity index is 2.43. The third kappa shape index (κ3) is 3.88. The molecule has 2 rings (SSSR count). The second kappa shape index (κ2) is 7.23. The summed E-state index contributed by atoms with van der Waals surface area (Å²) in [5, 5.41) is 0.0286. The lowest BCUT2D eigenvalue weighted by Gasteiger charge is -2.13. The first-order valence-corrected chi connectivity index (χ1v) is 9.18. The van der Waals surface area contributed by atoms with Gasteiger partial charge in [-0.3, -0.25) is 4.72 Å². The Morgan fingerprint density at radius 2 is 1.92 bits per heavy atom. The molecule has 0 saturated carbocycles. The summed E-state index contributed by atoms with van der Waals surface area (Å²) in [5.74, 6) is -0.600. The number of carbonyl (C=O) groups is 1. The van der Waals surface area contributed by atoms with Crippen molar-refractivity contribution in [1.82, 2.24) is 0 Å². The normalized spacial score (nSPS) is 11.2. The van der Waals surface area contributed by atoms with Gasteiger partial charge in [0.2, 0.25) is 0 Å². The van der Waals surface area contributed by atoms with E-state index in [2.05, 4.69) is 4.72 Å². The van der Waals surface area contributed by atoms with E-state index < -0.39 is 16.0 Å². The van der Waals surface area contributed by atoms with Crippen LogP contribution in [0.2, 0.25) is 5.02 Å². The quantitative estimate of drug-likeness (QED) is 0.812. The molecule has 0 fully saturated rings. The average molecular weight is 368 g/mol. The predicted octanol–water partition coefficient (Wildman–Crippen LogP) is 3.93. The molecule has 0 spiro atoms. The number of anilines is 1. The Kier molecular flexibility index (Phi) is 5.51. The molecule has 128 valence electrons. The maximum atomic E-state index is 12.7. The van der Waals surface area contributed by atoms with Crippen LogP contribution in [0.25, 0.3) is 0 Å². The Hall–Kier alpha value is -2.05. The van der Waals surface area contributed by atoms with Crippen LogP contribution in [0.4, 0.5) is 5.69 Å². The topological polar surface area (TPSA) is 72.5 Å². The highest BCUT2D eigenvalue weighted by Gasteiger charge is 2.21. The maximum Gasteiger partial charge on any atom is 0.338 e. The molecule has 0 aliphatic carbocycles. The van der Waals surface area contributed by atoms with Crippen molar-refractivity contribution in [2.45, 2.75) is 25.7 Å². The summed E-state index contributed by atoms with van der Waals surface area (Å²) in [7, 11) is -3.94. The van der Waals surface area contributed by atoms with Crippen LogP contribution in [0.1, 0.15) is 28.4 Å². The van der Waals surface area contributed by atoms with Crippen LogP contribution in [-0.4, -0.2) is 21.0 Å². The Bertz CT molecular complexity index is 878. The molecule has 0 radical (unpaired) electrons. The molecule has 0 atom stereocenters. The van der Waals surface area contributed by atoms with Crippen LogP contribution in [0, 0.1) is 13.8 Å². The molecule has 0 heterocycles. The van der Waals surface area contributed by atoms with Gasteiger partial charge in [0.15, 0.2) is 0 Å². The van der Waals surface area contributed by atoms with Gasteiger partial charge in [0.25, 0.3) is 10.0 Å². The first-order valence-electron chi connectivity index (χ1n) is 7.32. The molecule has 0 aromatic heterocycles. The number of nitrogens with one attached hydrogen (secondary N) is 1. The van der Waals surface area contributed by atoms with E-state index >= 15 is 0 Å². The molecule has 0 unspecified atom stereocenters. The molecule has 0 bridgehead atoms. The number of halogens is 1. The zero-order chi connectivity index (χ0) is 17.9. The second-order valence-electron chi connectivity index (χ2n) is 5.22. The fraction of sp³-hybridized carbons (Fsp3) is 0.235. The van der Waals surface area contributed by atoms with Gasteiger partial charge in [0.1, 0.15) is 4.90 Å². The van der Waals surface area contributed by atoms with E-state index in [1.165, 1.54) is 18.2 Å². The minimum Gasteiger partial charge on any atom is -0.462 e. The molecule has 0 saturated heterocycles. The monoisotopic (exact) mass is 367 g/mol. The van der Waals surface area contributed by atoms with Gasteiger partial charge in [-0.2, -0.15) is 0 Å². The Labute approximate surface area is 146 Å². The molecular formula is C17H18ClNO4S. The summed E-state index contributed by atoms with van der Waals surface area (Å²) in [4.78, 5) is 11.6. The lowest BCUT2D eigenvalue weighted by molar-refractivity contribution is 0.0526. The number of esters is 1. The molecule has 0 amide bonds. The van der Waals surface area contributed by atoms with E-state index in [0.29, 0.717) is 5.69 Å². The molecule has 5 nitrogen and oxygen atoms in total. The fourth-order valence-electron chi connectivity index (χ4n) is 2.11. The Morgan fingerprint density at radius 1 is 1.21 bits per heavy atom. The predicted molar refractivity (Wildman–Crippen MR) is 94.1 cm³/mol. The first-order chi connectivity index (χ1) is 11.3. The smallest absolute Gasteiger partial charge is 0.338 e. The van der Waals surface area contributed by atoms with Gasteiger partial charge in [-0.05, 0) is 56.2 Å². The summed E-state index contributed by atoms with van der Waals surface area (Å²) in [5.41, 5.74) is 2.37. The number of carbonyl (C=O) groups excluding carboxylic acids is 1. The number of hydrogen-bond donors (Lipinski definition) is 1. The van der Waals surface area contributed by atoms with E-state index in [9.17, 15) is 13.2 Å². The molecule has 24 heavy (non-hydrogen) atoms. The summed E-state index contributed by atoms with van der Waals surface area (Å²) < 4.78 is 32.8.